The molecule has 6 fully saturated rings. The fourth-order valence-corrected chi connectivity index (χ4v) is 23.5. The van der Waals surface area contributed by atoms with E-state index in [1.54, 1.807) is 88.5 Å². The van der Waals surface area contributed by atoms with Gasteiger partial charge in [-0.25, -0.2) is 8.42 Å². The topological polar surface area (TPSA) is 766 Å². The van der Waals surface area contributed by atoms with Crippen LogP contribution in [0.5, 0.6) is 0 Å². The molecule has 0 heterocycles. The van der Waals surface area contributed by atoms with Crippen LogP contribution in [0.4, 0.5) is 5.69 Å². The van der Waals surface area contributed by atoms with Gasteiger partial charge in [0.1, 0.15) is 6.61 Å². The summed E-state index contributed by atoms with van der Waals surface area (Å²) in [5, 5.41) is 58.0. The van der Waals surface area contributed by atoms with Crippen molar-refractivity contribution in [1.82, 2.24) is 4.90 Å². The van der Waals surface area contributed by atoms with E-state index in [0.717, 1.165) is 122 Å². The van der Waals surface area contributed by atoms with Gasteiger partial charge >= 0.3 is 29.8 Å². The zero-order chi connectivity index (χ0) is 105. The number of hydrogen-bond donors (Lipinski definition) is 12. The number of hydrogen-bond acceptors (Lipinski definition) is 38. The number of likely N-dealkylation sites (N-methyl/N-ethyl adjacent to an activating group) is 1. The highest BCUT2D eigenvalue weighted by atomic mass is 127. The van der Waals surface area contributed by atoms with Crippen molar-refractivity contribution in [3.05, 3.63) is 53.2 Å². The Hall–Kier alpha value is -4.88. The number of aliphatic hydroxyl groups is 5. The lowest BCUT2D eigenvalue weighted by molar-refractivity contribution is -0.160. The number of esters is 5. The van der Waals surface area contributed by atoms with E-state index in [9.17, 15) is 77.1 Å². The molecule has 6 aliphatic rings. The van der Waals surface area contributed by atoms with Gasteiger partial charge in [0.2, 0.25) is 15.2 Å². The number of nitrogens with zero attached hydrogens (tertiary/aromatic N) is 10. The first kappa shape index (κ1) is 136. The Labute approximate surface area is 868 Å². The van der Waals surface area contributed by atoms with Crippen LogP contribution in [0.25, 0.3) is 31.3 Å². The molecule has 6 aliphatic carbocycles. The number of rotatable bonds is 40. The molecule has 139 heavy (non-hydrogen) atoms. The quantitative estimate of drug-likeness (QED) is 0.00433. The number of nitrogens with one attached hydrogen (secondary N) is 1. The number of halogens is 5. The van der Waals surface area contributed by atoms with Crippen LogP contribution in [-0.2, 0) is 104 Å². The third-order valence-electron chi connectivity index (χ3n) is 23.2. The first-order valence-electron chi connectivity index (χ1n) is 45.2. The standard InChI is InChI=1S/C19H20ClI3N2O9.C15H24O6.C12H24O9S3.C9H15N9.2C9H21N3.C9H18O3.CH3ClO2S.CH4/c1-7(27)33-6-10(34-8(2)28)18(31)24-16-14(22)11(17(20)30)13(21)12(15(16)23)19(32)25(3)4-9(29)5-26;1-4-19-13(16)10-7-11(14(17)20-5-2)9-12(8-10)15(18)21-6-3;1-22(13,14)19-7-10-4-11(8-20-23(2,15)16)6-12(5-10)9-21-24(3,17)18;10-16-13-4-7-1-8(5-14-17-11)3-9(2-7)6-15-18-12;3*10-4-7-1-8(5-11)3-9(2-7)6-12;1-5(2,3)4;/h9-10,26,29H,4-6H2,1-3H3,(H,24,31);10-12H,4-9H2,1-3H3;10-12H,4-9H2,1-3H3;7-9H,1-6H2;2*7-9H,1-6,10-12H2;7-12H,1-6H2;1H3;1H4. The molecule has 0 bridgehead atoms. The Morgan fingerprint density at radius 1 is 0.453 bits per heavy atom. The van der Waals surface area contributed by atoms with E-state index in [4.69, 9.17) is 119 Å². The molecule has 18 N–H and O–H groups in total. The zero-order valence-corrected chi connectivity index (χ0v) is 91.4. The number of aliphatic hydroxyl groups excluding tert-OH is 5. The molecule has 0 radical (unpaired) electrons. The maximum absolute atomic E-state index is 13.1. The molecule has 0 aromatic heterocycles. The van der Waals surface area contributed by atoms with Crippen molar-refractivity contribution >= 4 is 182 Å². The SMILES string of the molecule is C.CC(=O)OCC(OC(C)=O)C(=O)Nc1c(I)c(C(=O)Cl)c(I)c(C(=O)N(C)CC(O)CO)c1I.CCOC(=O)C1CC(C(=O)OCC)CC(C(=O)OCC)C1.CS(=O)(=O)Cl.CS(=O)(=O)OCC1CC(COS(C)(=O)=O)CC(COS(C)(=O)=O)C1.NCC1CC(CN)CC(CN)C1.NCC1CC(CN)CC(CN)C1.OCC1CC(CO)CC(CO)C1.[N-]=[N+]=NCC1CC(CN=[N+]=[N-])CC(CN=[N+]=[N-])C1. The summed E-state index contributed by atoms with van der Waals surface area (Å²) in [5.74, 6) is -0.177. The van der Waals surface area contributed by atoms with E-state index >= 15 is 0 Å². The molecule has 1 aromatic carbocycles. The van der Waals surface area contributed by atoms with Gasteiger partial charge in [0, 0.05) is 95.9 Å². The summed E-state index contributed by atoms with van der Waals surface area (Å²) < 4.78 is 125. The van der Waals surface area contributed by atoms with Crippen LogP contribution >= 0.6 is 90.1 Å². The van der Waals surface area contributed by atoms with Gasteiger partial charge < -0.3 is 93.8 Å². The van der Waals surface area contributed by atoms with Gasteiger partial charge in [0.25, 0.3) is 47.4 Å². The minimum atomic E-state index is -3.58. The Kier molecular flexibility index (Phi) is 71.7. The number of azide groups is 3. The van der Waals surface area contributed by atoms with Crippen molar-refractivity contribution in [3.63, 3.8) is 0 Å². The van der Waals surface area contributed by atoms with E-state index in [2.05, 4.69) is 46.1 Å². The fourth-order valence-electron chi connectivity index (χ4n) is 17.3. The number of carbonyl (C=O) groups excluding carboxylic acids is 8. The minimum Gasteiger partial charge on any atom is -0.466 e. The predicted molar refractivity (Wildman–Crippen MR) is 549 cm³/mol. The van der Waals surface area contributed by atoms with Crippen LogP contribution in [-0.4, -0.2) is 293 Å². The molecular formula is C84H150Cl2I3N17O29S4. The van der Waals surface area contributed by atoms with E-state index < -0.39 is 112 Å². The predicted octanol–water partition coefficient (Wildman–Crippen LogP) is 7.95. The van der Waals surface area contributed by atoms with Gasteiger partial charge in [-0.15, -0.1) is 0 Å². The second kappa shape index (κ2) is 73.2. The highest BCUT2D eigenvalue weighted by Crippen LogP contribution is 2.42. The second-order valence-corrected chi connectivity index (χ2v) is 46.7. The number of anilines is 1. The van der Waals surface area contributed by atoms with Gasteiger partial charge in [-0.2, -0.15) is 25.3 Å². The van der Waals surface area contributed by atoms with E-state index in [-0.39, 0.29) is 172 Å². The summed E-state index contributed by atoms with van der Waals surface area (Å²) in [6.45, 7) is 13.5. The first-order chi connectivity index (χ1) is 64.7. The Morgan fingerprint density at radius 3 is 0.950 bits per heavy atom. The lowest BCUT2D eigenvalue weighted by Gasteiger charge is -2.34. The highest BCUT2D eigenvalue weighted by Gasteiger charge is 2.42. The Morgan fingerprint density at radius 2 is 0.719 bits per heavy atom. The third kappa shape index (κ3) is 60.1. The molecule has 2 amide bonds. The lowest BCUT2D eigenvalue weighted by atomic mass is 9.75. The summed E-state index contributed by atoms with van der Waals surface area (Å²) in [6.07, 6.45) is 16.4. The van der Waals surface area contributed by atoms with Crippen molar-refractivity contribution in [1.29, 1.82) is 0 Å². The van der Waals surface area contributed by atoms with E-state index in [1.807, 2.05) is 0 Å². The average molecular weight is 2440 g/mol. The Balaban J connectivity index is 0. The molecule has 0 saturated heterocycles. The highest BCUT2D eigenvalue weighted by molar-refractivity contribution is 14.1. The van der Waals surface area contributed by atoms with Gasteiger partial charge in [0.05, 0.1) is 119 Å². The molecular weight excluding hydrogens is 2290 g/mol. The van der Waals surface area contributed by atoms with Gasteiger partial charge in [-0.3, -0.25) is 50.9 Å². The first-order valence-corrected chi connectivity index (χ1v) is 57.0. The molecule has 2 atom stereocenters. The van der Waals surface area contributed by atoms with Crippen molar-refractivity contribution in [2.75, 3.05) is 176 Å². The van der Waals surface area contributed by atoms with Crippen molar-refractivity contribution < 1.29 is 134 Å². The van der Waals surface area contributed by atoms with Gasteiger partial charge in [-0.1, -0.05) is 22.8 Å². The number of carbonyl (C=O) groups is 8. The average Bonchev–Trinajstić information content (AvgIpc) is 0.760. The van der Waals surface area contributed by atoms with E-state index in [0.29, 0.717) is 93.7 Å². The lowest BCUT2D eigenvalue weighted by Crippen LogP contribution is -2.38. The van der Waals surface area contributed by atoms with E-state index in [1.165, 1.54) is 45.6 Å². The molecule has 0 spiro atoms. The molecule has 0 aliphatic heterocycles. The number of nitrogens with two attached hydrogens (primary N) is 6. The molecule has 46 nitrogen and oxygen atoms in total. The molecule has 1 aromatic rings. The summed E-state index contributed by atoms with van der Waals surface area (Å²) in [6, 6.07) is 0. The molecule has 7 rings (SSSR count). The number of amides is 2. The number of benzene rings is 1. The smallest absolute Gasteiger partial charge is 0.308 e. The maximum Gasteiger partial charge on any atom is 0.308 e. The van der Waals surface area contributed by atoms with Crippen molar-refractivity contribution in [2.45, 2.75) is 170 Å². The van der Waals surface area contributed by atoms with Crippen LogP contribution < -0.4 is 39.7 Å². The van der Waals surface area contributed by atoms with Gasteiger partial charge in [-0.05, 0) is 360 Å². The van der Waals surface area contributed by atoms with Crippen LogP contribution in [0, 0.1) is 117 Å². The molecule has 55 heteroatoms. The summed E-state index contributed by atoms with van der Waals surface area (Å²) in [7, 11) is -8.05. The molecule has 6 saturated carbocycles. The monoisotopic (exact) mass is 2440 g/mol. The maximum atomic E-state index is 13.1. The summed E-state index contributed by atoms with van der Waals surface area (Å²) in [5.41, 5.74) is 59.0. The van der Waals surface area contributed by atoms with Crippen molar-refractivity contribution in [2.24, 2.45) is 156 Å². The summed E-state index contributed by atoms with van der Waals surface area (Å²) >= 11 is 11.1. The van der Waals surface area contributed by atoms with Crippen molar-refractivity contribution in [3.8, 4) is 0 Å². The largest absolute Gasteiger partial charge is 0.466 e. The van der Waals surface area contributed by atoms with Crippen LogP contribution in [0.3, 0.4) is 0 Å². The number of ether oxygens (including phenoxy) is 5. The normalized spacial score (nSPS) is 24.7. The van der Waals surface area contributed by atoms with Crippen LogP contribution in [0.2, 0.25) is 0 Å². The third-order valence-corrected chi connectivity index (χ3v) is 28.3. The molecule has 804 valence electrons. The Bertz CT molecular complexity index is 4120. The second-order valence-electron chi connectivity index (χ2n) is 35.2. The molecule has 2 unspecified atom stereocenters. The van der Waals surface area contributed by atoms with Crippen LogP contribution in [0.1, 0.15) is 178 Å². The minimum absolute atomic E-state index is 0. The van der Waals surface area contributed by atoms with Crippen LogP contribution in [0.15, 0.2) is 15.3 Å². The van der Waals surface area contributed by atoms with Gasteiger partial charge in [0.15, 0.2) is 0 Å². The zero-order valence-electron chi connectivity index (χ0n) is 80.1. The fraction of sp³-hybridized carbons (Fsp3) is 0.833. The summed E-state index contributed by atoms with van der Waals surface area (Å²) in [4.78, 5) is 106.